The first-order valence-electron chi connectivity index (χ1n) is 9.46. The molecule has 8 nitrogen and oxygen atoms in total. The second-order valence-corrected chi connectivity index (χ2v) is 9.04. The lowest BCUT2D eigenvalue weighted by Crippen LogP contribution is -2.44. The number of rotatable bonds is 6. The van der Waals surface area contributed by atoms with Crippen LogP contribution in [-0.2, 0) is 14.8 Å². The number of benzene rings is 1. The van der Waals surface area contributed by atoms with Gasteiger partial charge in [0, 0.05) is 36.6 Å². The minimum Gasteiger partial charge on any atom is -0.341 e. The van der Waals surface area contributed by atoms with Gasteiger partial charge in [-0.25, -0.2) is 17.5 Å². The van der Waals surface area contributed by atoms with Gasteiger partial charge < -0.3 is 10.2 Å². The predicted octanol–water partition coefficient (Wildman–Crippen LogP) is 1.73. The van der Waals surface area contributed by atoms with Crippen LogP contribution in [0.1, 0.15) is 34.8 Å². The number of carbonyl (C=O) groups is 2. The molecular weight excluding hydrogens is 411 g/mol. The summed E-state index contributed by atoms with van der Waals surface area (Å²) >= 11 is 0. The number of sulfonamides is 1. The van der Waals surface area contributed by atoms with Gasteiger partial charge in [-0.15, -0.1) is 0 Å². The Labute approximate surface area is 174 Å². The van der Waals surface area contributed by atoms with E-state index in [1.807, 2.05) is 0 Å². The van der Waals surface area contributed by atoms with Crippen molar-refractivity contribution in [3.05, 3.63) is 59.7 Å². The molecule has 0 saturated carbocycles. The fourth-order valence-corrected chi connectivity index (χ4v) is 3.65. The number of piperidine rings is 1. The number of pyridine rings is 1. The molecule has 2 aromatic rings. The zero-order chi connectivity index (χ0) is 21.7. The van der Waals surface area contributed by atoms with Crippen molar-refractivity contribution in [1.29, 1.82) is 0 Å². The van der Waals surface area contributed by atoms with Crippen molar-refractivity contribution in [3.63, 3.8) is 0 Å². The van der Waals surface area contributed by atoms with Crippen LogP contribution >= 0.6 is 0 Å². The number of nitrogens with one attached hydrogen (secondary N) is 2. The van der Waals surface area contributed by atoms with Gasteiger partial charge in [0.2, 0.25) is 15.9 Å². The highest BCUT2D eigenvalue weighted by atomic mass is 32.2. The van der Waals surface area contributed by atoms with E-state index in [0.29, 0.717) is 24.3 Å². The van der Waals surface area contributed by atoms with Gasteiger partial charge in [-0.05, 0) is 49.2 Å². The minimum atomic E-state index is -3.43. The molecule has 10 heteroatoms. The van der Waals surface area contributed by atoms with Crippen LogP contribution in [0.25, 0.3) is 0 Å². The summed E-state index contributed by atoms with van der Waals surface area (Å²) in [6.45, 7) is 0.749. The Morgan fingerprint density at radius 2 is 1.93 bits per heavy atom. The summed E-state index contributed by atoms with van der Waals surface area (Å²) in [5.41, 5.74) is 1.61. The van der Waals surface area contributed by atoms with Gasteiger partial charge in [0.25, 0.3) is 5.91 Å². The quantitative estimate of drug-likeness (QED) is 0.720. The van der Waals surface area contributed by atoms with Crippen LogP contribution in [-0.4, -0.2) is 56.0 Å². The monoisotopic (exact) mass is 434 g/mol. The molecule has 1 atom stereocenters. The molecule has 2 amide bonds. The summed E-state index contributed by atoms with van der Waals surface area (Å²) < 4.78 is 37.5. The van der Waals surface area contributed by atoms with Gasteiger partial charge in [0.05, 0.1) is 18.4 Å². The summed E-state index contributed by atoms with van der Waals surface area (Å²) in [6.07, 6.45) is 4.11. The van der Waals surface area contributed by atoms with Crippen molar-refractivity contribution in [3.8, 4) is 0 Å². The lowest BCUT2D eigenvalue weighted by Gasteiger charge is -2.32. The fourth-order valence-electron chi connectivity index (χ4n) is 3.27. The summed E-state index contributed by atoms with van der Waals surface area (Å²) in [5.74, 6) is -1.00. The van der Waals surface area contributed by atoms with Gasteiger partial charge in [-0.2, -0.15) is 0 Å². The maximum Gasteiger partial charge on any atom is 0.257 e. The Balaban J connectivity index is 1.60. The molecule has 1 unspecified atom stereocenters. The molecule has 3 rings (SSSR count). The van der Waals surface area contributed by atoms with Gasteiger partial charge >= 0.3 is 0 Å². The normalized spacial score (nSPS) is 16.9. The molecule has 30 heavy (non-hydrogen) atoms. The zero-order valence-corrected chi connectivity index (χ0v) is 17.3. The van der Waals surface area contributed by atoms with E-state index in [-0.39, 0.29) is 30.1 Å². The molecule has 1 aliphatic rings. The number of hydrogen-bond acceptors (Lipinski definition) is 5. The number of anilines is 1. The number of hydrogen-bond donors (Lipinski definition) is 2. The molecule has 1 aliphatic heterocycles. The van der Waals surface area contributed by atoms with Gasteiger partial charge in [0.1, 0.15) is 5.82 Å². The molecular formula is C20H23FN4O4S. The summed E-state index contributed by atoms with van der Waals surface area (Å²) in [6, 6.07) is 8.89. The largest absolute Gasteiger partial charge is 0.341 e. The van der Waals surface area contributed by atoms with Crippen LogP contribution in [0.3, 0.4) is 0 Å². The number of aromatic nitrogens is 1. The van der Waals surface area contributed by atoms with Crippen LogP contribution in [0, 0.1) is 5.82 Å². The van der Waals surface area contributed by atoms with E-state index < -0.39 is 10.0 Å². The summed E-state index contributed by atoms with van der Waals surface area (Å²) in [4.78, 5) is 30.6. The van der Waals surface area contributed by atoms with Crippen LogP contribution in [0.15, 0.2) is 42.6 Å². The molecule has 1 aromatic carbocycles. The van der Waals surface area contributed by atoms with E-state index in [0.717, 1.165) is 24.8 Å². The maximum absolute atomic E-state index is 13.0. The highest BCUT2D eigenvalue weighted by Gasteiger charge is 2.26. The third kappa shape index (κ3) is 6.07. The van der Waals surface area contributed by atoms with Crippen molar-refractivity contribution >= 4 is 27.5 Å². The lowest BCUT2D eigenvalue weighted by molar-refractivity contribution is -0.131. The van der Waals surface area contributed by atoms with Crippen LogP contribution in [0.5, 0.6) is 0 Å². The Morgan fingerprint density at radius 3 is 2.57 bits per heavy atom. The predicted molar refractivity (Wildman–Crippen MR) is 110 cm³/mol. The van der Waals surface area contributed by atoms with Crippen molar-refractivity contribution in [2.75, 3.05) is 31.2 Å². The third-order valence-electron chi connectivity index (χ3n) is 4.83. The van der Waals surface area contributed by atoms with Crippen molar-refractivity contribution < 1.29 is 22.4 Å². The Hall–Kier alpha value is -2.85. The van der Waals surface area contributed by atoms with E-state index in [9.17, 15) is 22.4 Å². The average Bonchev–Trinajstić information content (AvgIpc) is 2.73. The second kappa shape index (κ2) is 9.31. The first-order valence-corrected chi connectivity index (χ1v) is 11.4. The lowest BCUT2D eigenvalue weighted by atomic mass is 9.94. The smallest absolute Gasteiger partial charge is 0.257 e. The van der Waals surface area contributed by atoms with E-state index in [1.54, 1.807) is 17.0 Å². The molecule has 1 saturated heterocycles. The molecule has 160 valence electrons. The summed E-state index contributed by atoms with van der Waals surface area (Å²) in [7, 11) is -3.43. The van der Waals surface area contributed by atoms with Gasteiger partial charge in [-0.1, -0.05) is 0 Å². The number of likely N-dealkylation sites (tertiary alicyclic amines) is 1. The molecule has 2 heterocycles. The van der Waals surface area contributed by atoms with Crippen LogP contribution in [0.4, 0.5) is 10.1 Å². The topological polar surface area (TPSA) is 108 Å². The molecule has 0 bridgehead atoms. The van der Waals surface area contributed by atoms with E-state index >= 15 is 0 Å². The standard InChI is InChI=1S/C20H23FN4O4S/c1-30(28,29)23-12-19(26)25-10-2-3-15(13-25)18-9-4-14(11-22-18)20(27)24-17-7-5-16(21)6-8-17/h4-9,11,15,23H,2-3,10,12-13H2,1H3,(H,24,27). The molecule has 2 N–H and O–H groups in total. The van der Waals surface area contributed by atoms with E-state index in [1.165, 1.54) is 30.5 Å². The number of nitrogens with zero attached hydrogens (tertiary/aromatic N) is 2. The Morgan fingerprint density at radius 1 is 1.20 bits per heavy atom. The number of carbonyl (C=O) groups excluding carboxylic acids is 2. The first-order chi connectivity index (χ1) is 14.2. The average molecular weight is 434 g/mol. The first kappa shape index (κ1) is 21.8. The highest BCUT2D eigenvalue weighted by molar-refractivity contribution is 7.88. The summed E-state index contributed by atoms with van der Waals surface area (Å²) in [5, 5.41) is 2.68. The maximum atomic E-state index is 13.0. The van der Waals surface area contributed by atoms with Crippen LogP contribution in [0.2, 0.25) is 0 Å². The molecule has 0 radical (unpaired) electrons. The van der Waals surface area contributed by atoms with Crippen molar-refractivity contribution in [2.24, 2.45) is 0 Å². The molecule has 0 aliphatic carbocycles. The zero-order valence-electron chi connectivity index (χ0n) is 16.5. The Kier molecular flexibility index (Phi) is 6.78. The van der Waals surface area contributed by atoms with Crippen LogP contribution < -0.4 is 10.0 Å². The van der Waals surface area contributed by atoms with Gasteiger partial charge in [-0.3, -0.25) is 14.6 Å². The minimum absolute atomic E-state index is 0.00939. The molecule has 1 fully saturated rings. The van der Waals surface area contributed by atoms with Crippen molar-refractivity contribution in [2.45, 2.75) is 18.8 Å². The van der Waals surface area contributed by atoms with Gasteiger partial charge in [0.15, 0.2) is 0 Å². The van der Waals surface area contributed by atoms with Crippen molar-refractivity contribution in [1.82, 2.24) is 14.6 Å². The van der Waals surface area contributed by atoms with E-state index in [2.05, 4.69) is 15.0 Å². The Bertz CT molecular complexity index is 1010. The highest BCUT2D eigenvalue weighted by Crippen LogP contribution is 2.25. The van der Waals surface area contributed by atoms with E-state index in [4.69, 9.17) is 0 Å². The number of halogens is 1. The number of amides is 2. The second-order valence-electron chi connectivity index (χ2n) is 7.20. The SMILES string of the molecule is CS(=O)(=O)NCC(=O)N1CCCC(c2ccc(C(=O)Nc3ccc(F)cc3)cn2)C1. The molecule has 1 aromatic heterocycles. The molecule has 0 spiro atoms. The fraction of sp³-hybridized carbons (Fsp3) is 0.350. The third-order valence-corrected chi connectivity index (χ3v) is 5.50.